The Balaban J connectivity index is 0.00000210. The summed E-state index contributed by atoms with van der Waals surface area (Å²) in [6.45, 7) is 0. The number of hydrogen-bond donors (Lipinski definition) is 1. The number of aromatic hydroxyl groups is 1. The predicted octanol–water partition coefficient (Wildman–Crippen LogP) is 3.65. The van der Waals surface area contributed by atoms with Crippen LogP contribution in [-0.4, -0.2) is 30.5 Å². The Labute approximate surface area is 174 Å². The maximum Gasteiger partial charge on any atom is 0.180 e. The summed E-state index contributed by atoms with van der Waals surface area (Å²) >= 11 is 1.50. The van der Waals surface area contributed by atoms with Crippen LogP contribution in [-0.2, 0) is 21.1 Å². The summed E-state index contributed by atoms with van der Waals surface area (Å²) in [4.78, 5) is 9.62. The third kappa shape index (κ3) is 4.56. The van der Waals surface area contributed by atoms with Crippen LogP contribution in [0.4, 0.5) is 0 Å². The van der Waals surface area contributed by atoms with Gasteiger partial charge in [0.1, 0.15) is 11.6 Å². The van der Waals surface area contributed by atoms with Crippen molar-refractivity contribution in [2.75, 3.05) is 0 Å². The van der Waals surface area contributed by atoms with E-state index in [1.54, 1.807) is 30.5 Å². The molecule has 8 heteroatoms. The van der Waals surface area contributed by atoms with Crippen molar-refractivity contribution in [3.8, 4) is 28.5 Å². The molecule has 0 radical (unpaired) electrons. The van der Waals surface area contributed by atoms with Gasteiger partial charge in [-0.1, -0.05) is 40.1 Å². The van der Waals surface area contributed by atoms with Gasteiger partial charge in [-0.15, -0.1) is 34.9 Å². The average molecular weight is 553 g/mol. The van der Waals surface area contributed by atoms with Gasteiger partial charge in [0, 0.05) is 27.3 Å². The fourth-order valence-corrected chi connectivity index (χ4v) is 3.09. The van der Waals surface area contributed by atoms with Gasteiger partial charge in [-0.05, 0) is 24.3 Å². The maximum absolute atomic E-state index is 9.99. The fourth-order valence-electron chi connectivity index (χ4n) is 2.30. The first-order chi connectivity index (χ1) is 12.8. The molecule has 0 atom stereocenters. The quantitative estimate of drug-likeness (QED) is 0.387. The van der Waals surface area contributed by atoms with E-state index in [1.807, 2.05) is 36.4 Å². The molecule has 27 heavy (non-hydrogen) atoms. The SMILES string of the molecule is Oc1ccccc1-c1nnnc(-c2[c-]c(Sc3ccccn3)ccc2)n1.[Pt]. The molecule has 0 aliphatic heterocycles. The number of aromatic nitrogens is 5. The molecule has 0 fully saturated rings. The first kappa shape index (κ1) is 19.1. The van der Waals surface area contributed by atoms with Crippen LogP contribution in [0.25, 0.3) is 22.8 Å². The van der Waals surface area contributed by atoms with Crippen molar-refractivity contribution in [3.05, 3.63) is 72.9 Å². The molecule has 0 saturated heterocycles. The van der Waals surface area contributed by atoms with Crippen molar-refractivity contribution in [1.29, 1.82) is 0 Å². The van der Waals surface area contributed by atoms with Gasteiger partial charge in [0.25, 0.3) is 0 Å². The molecule has 0 amide bonds. The van der Waals surface area contributed by atoms with E-state index >= 15 is 0 Å². The topological polar surface area (TPSA) is 84.7 Å². The van der Waals surface area contributed by atoms with Gasteiger partial charge in [-0.25, -0.2) is 4.98 Å². The molecular formula is C19H12N5OPtS-. The van der Waals surface area contributed by atoms with Crippen molar-refractivity contribution in [2.45, 2.75) is 9.92 Å². The minimum absolute atomic E-state index is 0. The Hall–Kier alpha value is -2.63. The van der Waals surface area contributed by atoms with Crippen LogP contribution < -0.4 is 0 Å². The molecule has 2 aromatic carbocycles. The molecule has 136 valence electrons. The molecule has 0 aliphatic rings. The largest absolute Gasteiger partial charge is 0.507 e. The summed E-state index contributed by atoms with van der Waals surface area (Å²) in [5.74, 6) is 0.792. The van der Waals surface area contributed by atoms with Gasteiger partial charge < -0.3 is 5.11 Å². The van der Waals surface area contributed by atoms with E-state index in [0.717, 1.165) is 9.92 Å². The first-order valence-electron chi connectivity index (χ1n) is 7.77. The Morgan fingerprint density at radius 2 is 1.67 bits per heavy atom. The summed E-state index contributed by atoms with van der Waals surface area (Å²) in [5, 5.41) is 22.6. The van der Waals surface area contributed by atoms with Crippen LogP contribution in [0.5, 0.6) is 5.75 Å². The zero-order chi connectivity index (χ0) is 17.8. The number of pyridine rings is 1. The van der Waals surface area contributed by atoms with Gasteiger partial charge in [0.2, 0.25) is 0 Å². The Morgan fingerprint density at radius 3 is 2.48 bits per heavy atom. The van der Waals surface area contributed by atoms with E-state index in [4.69, 9.17) is 0 Å². The second kappa shape index (κ2) is 8.84. The summed E-state index contributed by atoms with van der Waals surface area (Å²) in [6, 6.07) is 21.6. The van der Waals surface area contributed by atoms with Crippen LogP contribution in [0, 0.1) is 6.07 Å². The molecule has 0 unspecified atom stereocenters. The number of phenolic OH excluding ortho intramolecular Hbond substituents is 1. The number of phenols is 1. The average Bonchev–Trinajstić information content (AvgIpc) is 2.69. The zero-order valence-electron chi connectivity index (χ0n) is 13.8. The van der Waals surface area contributed by atoms with Crippen LogP contribution in [0.3, 0.4) is 0 Å². The summed E-state index contributed by atoms with van der Waals surface area (Å²) in [6.07, 6.45) is 1.75. The Kier molecular flexibility index (Phi) is 6.27. The molecular weight excluding hydrogens is 541 g/mol. The van der Waals surface area contributed by atoms with Crippen molar-refractivity contribution in [2.24, 2.45) is 0 Å². The molecule has 2 aromatic heterocycles. The van der Waals surface area contributed by atoms with E-state index in [0.29, 0.717) is 22.8 Å². The smallest absolute Gasteiger partial charge is 0.180 e. The molecule has 6 nitrogen and oxygen atoms in total. The normalized spacial score (nSPS) is 10.2. The monoisotopic (exact) mass is 553 g/mol. The van der Waals surface area contributed by atoms with E-state index < -0.39 is 0 Å². The molecule has 0 bridgehead atoms. The van der Waals surface area contributed by atoms with Crippen molar-refractivity contribution in [3.63, 3.8) is 0 Å². The first-order valence-corrected chi connectivity index (χ1v) is 8.58. The summed E-state index contributed by atoms with van der Waals surface area (Å²) in [5.41, 5.74) is 1.19. The van der Waals surface area contributed by atoms with E-state index in [9.17, 15) is 5.11 Å². The van der Waals surface area contributed by atoms with Gasteiger partial charge in [0.05, 0.1) is 10.6 Å². The summed E-state index contributed by atoms with van der Waals surface area (Å²) < 4.78 is 0. The molecule has 4 aromatic rings. The fraction of sp³-hybridized carbons (Fsp3) is 0. The Morgan fingerprint density at radius 1 is 0.852 bits per heavy atom. The maximum atomic E-state index is 9.99. The minimum atomic E-state index is 0. The summed E-state index contributed by atoms with van der Waals surface area (Å²) in [7, 11) is 0. The van der Waals surface area contributed by atoms with Crippen molar-refractivity contribution in [1.82, 2.24) is 25.4 Å². The number of benzene rings is 2. The zero-order valence-corrected chi connectivity index (χ0v) is 16.8. The van der Waals surface area contributed by atoms with E-state index in [1.165, 1.54) is 11.8 Å². The van der Waals surface area contributed by atoms with Gasteiger partial charge in [-0.2, -0.15) is 5.10 Å². The third-order valence-corrected chi connectivity index (χ3v) is 4.41. The second-order valence-electron chi connectivity index (χ2n) is 5.26. The molecule has 0 saturated carbocycles. The second-order valence-corrected chi connectivity index (χ2v) is 6.33. The number of hydrogen-bond acceptors (Lipinski definition) is 7. The van der Waals surface area contributed by atoms with Crippen LogP contribution >= 0.6 is 11.8 Å². The van der Waals surface area contributed by atoms with Gasteiger partial charge in [0.15, 0.2) is 5.82 Å². The molecule has 0 spiro atoms. The third-order valence-electron chi connectivity index (χ3n) is 3.50. The van der Waals surface area contributed by atoms with E-state index in [2.05, 4.69) is 31.4 Å². The van der Waals surface area contributed by atoms with E-state index in [-0.39, 0.29) is 26.8 Å². The molecule has 1 N–H and O–H groups in total. The van der Waals surface area contributed by atoms with Gasteiger partial charge >= 0.3 is 0 Å². The molecule has 4 rings (SSSR count). The van der Waals surface area contributed by atoms with Crippen molar-refractivity contribution < 1.29 is 26.2 Å². The number of rotatable bonds is 4. The number of nitrogens with zero attached hydrogens (tertiary/aromatic N) is 5. The van der Waals surface area contributed by atoms with Crippen LogP contribution in [0.1, 0.15) is 0 Å². The number of para-hydroxylation sites is 1. The molecule has 0 aliphatic carbocycles. The predicted molar refractivity (Wildman–Crippen MR) is 97.4 cm³/mol. The standard InChI is InChI=1S/C19H12N5OS.Pt/c25-16-9-2-1-8-15(16)19-21-18(22-24-23-19)13-6-5-7-14(12-13)26-17-10-3-4-11-20-17;/h1-11,25H;/q-1;. The Bertz CT molecular complexity index is 1050. The van der Waals surface area contributed by atoms with Gasteiger partial charge in [-0.3, -0.25) is 4.98 Å². The minimum Gasteiger partial charge on any atom is -0.507 e. The molecule has 2 heterocycles. The van der Waals surface area contributed by atoms with Crippen LogP contribution in [0.2, 0.25) is 0 Å². The van der Waals surface area contributed by atoms with Crippen LogP contribution in [0.15, 0.2) is 76.8 Å². The van der Waals surface area contributed by atoms with Crippen molar-refractivity contribution >= 4 is 11.8 Å².